The third-order valence-electron chi connectivity index (χ3n) is 6.13. The van der Waals surface area contributed by atoms with Crippen molar-refractivity contribution in [1.29, 1.82) is 0 Å². The number of fused-ring (bicyclic) bond motifs is 2. The van der Waals surface area contributed by atoms with Crippen LogP contribution in [0.15, 0.2) is 18.3 Å². The normalized spacial score (nSPS) is 22.3. The fraction of sp³-hybridized carbons (Fsp3) is 0.550. The SMILES string of the molecule is CCN(CC)C(=O)Nn1cc2c3c(cc(Cl)cc31)[C@H]1CCCN(C)[C@@H]1C2. The first-order chi connectivity index (χ1) is 12.5. The van der Waals surface area contributed by atoms with Gasteiger partial charge in [-0.2, -0.15) is 0 Å². The number of aromatic nitrogens is 1. The second-order valence-electron chi connectivity index (χ2n) is 7.50. The third-order valence-corrected chi connectivity index (χ3v) is 6.35. The first-order valence-corrected chi connectivity index (χ1v) is 10.0. The van der Waals surface area contributed by atoms with Gasteiger partial charge in [0.25, 0.3) is 0 Å². The van der Waals surface area contributed by atoms with Gasteiger partial charge < -0.3 is 9.80 Å². The second-order valence-corrected chi connectivity index (χ2v) is 7.94. The molecule has 1 saturated heterocycles. The van der Waals surface area contributed by atoms with Crippen LogP contribution in [0.4, 0.5) is 4.79 Å². The average Bonchev–Trinajstić information content (AvgIpc) is 2.95. The number of hydrogen-bond donors (Lipinski definition) is 1. The molecule has 1 aromatic carbocycles. The van der Waals surface area contributed by atoms with Crippen molar-refractivity contribution >= 4 is 28.5 Å². The van der Waals surface area contributed by atoms with Crippen molar-refractivity contribution in [2.45, 2.75) is 45.1 Å². The van der Waals surface area contributed by atoms with Crippen molar-refractivity contribution in [2.24, 2.45) is 0 Å². The summed E-state index contributed by atoms with van der Waals surface area (Å²) in [5, 5.41) is 2.02. The fourth-order valence-electron chi connectivity index (χ4n) is 4.78. The zero-order valence-corrected chi connectivity index (χ0v) is 16.5. The standard InChI is InChI=1S/C20H27ClN4O/c1-4-24(5-2)20(26)22-25-12-13-9-17-15(7-6-8-23(17)3)16-10-14(21)11-18(25)19(13)16/h10-12,15,17H,4-9H2,1-3H3,(H,22,26)/t15-,17-/m1/s1. The van der Waals surface area contributed by atoms with Crippen LogP contribution in [0.25, 0.3) is 10.9 Å². The number of carbonyl (C=O) groups excluding carboxylic acids is 1. The molecule has 0 radical (unpaired) electrons. The van der Waals surface area contributed by atoms with Gasteiger partial charge in [0.05, 0.1) is 5.52 Å². The number of nitrogens with zero attached hydrogens (tertiary/aromatic N) is 3. The Balaban J connectivity index is 1.79. The summed E-state index contributed by atoms with van der Waals surface area (Å²) in [6.45, 7) is 6.52. The van der Waals surface area contributed by atoms with Crippen LogP contribution in [0.3, 0.4) is 0 Å². The van der Waals surface area contributed by atoms with E-state index in [0.29, 0.717) is 25.0 Å². The zero-order valence-electron chi connectivity index (χ0n) is 15.8. The van der Waals surface area contributed by atoms with Crippen molar-refractivity contribution in [3.63, 3.8) is 0 Å². The lowest BCUT2D eigenvalue weighted by molar-refractivity contribution is 0.157. The highest BCUT2D eigenvalue weighted by molar-refractivity contribution is 6.31. The van der Waals surface area contributed by atoms with Crippen LogP contribution in [-0.4, -0.2) is 53.2 Å². The number of hydrogen-bond acceptors (Lipinski definition) is 2. The Labute approximate surface area is 159 Å². The minimum absolute atomic E-state index is 0.0752. The molecular formula is C20H27ClN4O. The molecule has 0 unspecified atom stereocenters. The molecule has 4 rings (SSSR count). The number of amides is 2. The van der Waals surface area contributed by atoms with E-state index in [4.69, 9.17) is 11.6 Å². The quantitative estimate of drug-likeness (QED) is 0.880. The molecule has 26 heavy (non-hydrogen) atoms. The number of halogens is 1. The average molecular weight is 375 g/mol. The van der Waals surface area contributed by atoms with Crippen LogP contribution in [0, 0.1) is 0 Å². The maximum Gasteiger partial charge on any atom is 0.336 e. The number of nitrogens with one attached hydrogen (secondary N) is 1. The van der Waals surface area contributed by atoms with E-state index in [-0.39, 0.29) is 6.03 Å². The summed E-state index contributed by atoms with van der Waals surface area (Å²) < 4.78 is 1.87. The first-order valence-electron chi connectivity index (χ1n) is 9.63. The molecule has 2 aromatic rings. The van der Waals surface area contributed by atoms with Gasteiger partial charge in [-0.15, -0.1) is 0 Å². The van der Waals surface area contributed by atoms with E-state index in [0.717, 1.165) is 23.5 Å². The van der Waals surface area contributed by atoms with Gasteiger partial charge in [0.1, 0.15) is 0 Å². The van der Waals surface area contributed by atoms with Crippen LogP contribution in [0.5, 0.6) is 0 Å². The Kier molecular flexibility index (Phi) is 4.61. The van der Waals surface area contributed by atoms with Gasteiger partial charge in [-0.1, -0.05) is 11.6 Å². The highest BCUT2D eigenvalue weighted by atomic mass is 35.5. The molecule has 1 N–H and O–H groups in total. The van der Waals surface area contributed by atoms with Crippen molar-refractivity contribution in [1.82, 2.24) is 14.5 Å². The van der Waals surface area contributed by atoms with Crippen LogP contribution >= 0.6 is 11.6 Å². The fourth-order valence-corrected chi connectivity index (χ4v) is 5.00. The number of benzene rings is 1. The Morgan fingerprint density at radius 1 is 1.35 bits per heavy atom. The molecule has 2 amide bonds. The Bertz CT molecular complexity index is 842. The molecule has 5 nitrogen and oxygen atoms in total. The van der Waals surface area contributed by atoms with E-state index >= 15 is 0 Å². The Morgan fingerprint density at radius 2 is 2.12 bits per heavy atom. The van der Waals surface area contributed by atoms with Crippen molar-refractivity contribution in [3.05, 3.63) is 34.5 Å². The lowest BCUT2D eigenvalue weighted by atomic mass is 9.75. The van der Waals surface area contributed by atoms with Crippen molar-refractivity contribution < 1.29 is 4.79 Å². The molecule has 2 aliphatic rings. The van der Waals surface area contributed by atoms with Gasteiger partial charge in [0.15, 0.2) is 0 Å². The van der Waals surface area contributed by atoms with E-state index in [2.05, 4.69) is 29.6 Å². The predicted molar refractivity (Wildman–Crippen MR) is 107 cm³/mol. The minimum atomic E-state index is -0.0752. The predicted octanol–water partition coefficient (Wildman–Crippen LogP) is 4.03. The van der Waals surface area contributed by atoms with E-state index in [9.17, 15) is 4.79 Å². The third kappa shape index (κ3) is 2.78. The number of likely N-dealkylation sites (N-methyl/N-ethyl adjacent to an activating group) is 1. The summed E-state index contributed by atoms with van der Waals surface area (Å²) in [4.78, 5) is 16.8. The summed E-state index contributed by atoms with van der Waals surface area (Å²) in [6, 6.07) is 4.56. The van der Waals surface area contributed by atoms with Crippen LogP contribution < -0.4 is 5.43 Å². The van der Waals surface area contributed by atoms with Gasteiger partial charge in [0, 0.05) is 41.7 Å². The smallest absolute Gasteiger partial charge is 0.324 e. The van der Waals surface area contributed by atoms with Gasteiger partial charge >= 0.3 is 6.03 Å². The summed E-state index contributed by atoms with van der Waals surface area (Å²) in [5.74, 6) is 0.525. The molecule has 1 aromatic heterocycles. The van der Waals surface area contributed by atoms with E-state index in [1.54, 1.807) is 4.90 Å². The molecule has 0 saturated carbocycles. The second kappa shape index (κ2) is 6.78. The number of rotatable bonds is 3. The first kappa shape index (κ1) is 17.7. The molecule has 1 aliphatic carbocycles. The highest BCUT2D eigenvalue weighted by Gasteiger charge is 2.37. The Morgan fingerprint density at radius 3 is 2.85 bits per heavy atom. The summed E-state index contributed by atoms with van der Waals surface area (Å²) >= 11 is 6.48. The van der Waals surface area contributed by atoms with Crippen molar-refractivity contribution in [3.8, 4) is 0 Å². The van der Waals surface area contributed by atoms with Crippen LogP contribution in [0.1, 0.15) is 43.7 Å². The topological polar surface area (TPSA) is 40.5 Å². The molecule has 0 bridgehead atoms. The monoisotopic (exact) mass is 374 g/mol. The number of likely N-dealkylation sites (tertiary alicyclic amines) is 1. The van der Waals surface area contributed by atoms with Gasteiger partial charge in [0.2, 0.25) is 0 Å². The van der Waals surface area contributed by atoms with Crippen molar-refractivity contribution in [2.75, 3.05) is 32.1 Å². The van der Waals surface area contributed by atoms with Crippen LogP contribution in [0.2, 0.25) is 5.02 Å². The maximum atomic E-state index is 12.6. The molecule has 0 spiro atoms. The minimum Gasteiger partial charge on any atom is -0.324 e. The van der Waals surface area contributed by atoms with E-state index in [1.807, 2.05) is 24.6 Å². The van der Waals surface area contributed by atoms with E-state index < -0.39 is 0 Å². The zero-order chi connectivity index (χ0) is 18.4. The Hall–Kier alpha value is -1.72. The highest BCUT2D eigenvalue weighted by Crippen LogP contribution is 2.44. The lowest BCUT2D eigenvalue weighted by Crippen LogP contribution is -2.44. The summed E-state index contributed by atoms with van der Waals surface area (Å²) in [5.41, 5.74) is 6.71. The molecular weight excluding hydrogens is 348 g/mol. The molecule has 6 heteroatoms. The summed E-state index contributed by atoms with van der Waals surface area (Å²) in [7, 11) is 2.22. The van der Waals surface area contributed by atoms with Crippen LogP contribution in [-0.2, 0) is 6.42 Å². The molecule has 2 heterocycles. The molecule has 2 atom stereocenters. The van der Waals surface area contributed by atoms with Gasteiger partial charge in [-0.3, -0.25) is 4.68 Å². The molecule has 1 fully saturated rings. The lowest BCUT2D eigenvalue weighted by Gasteiger charge is -2.42. The number of carbonyl (C=O) groups is 1. The van der Waals surface area contributed by atoms with E-state index in [1.165, 1.54) is 29.4 Å². The molecule has 1 aliphatic heterocycles. The number of urea groups is 1. The largest absolute Gasteiger partial charge is 0.336 e. The summed E-state index contributed by atoms with van der Waals surface area (Å²) in [6.07, 6.45) is 5.55. The maximum absolute atomic E-state index is 12.6. The van der Waals surface area contributed by atoms with Gasteiger partial charge in [-0.05, 0) is 70.0 Å². The number of piperidine rings is 1. The van der Waals surface area contributed by atoms with Gasteiger partial charge in [-0.25, -0.2) is 10.2 Å². The molecule has 140 valence electrons.